The van der Waals surface area contributed by atoms with Crippen molar-refractivity contribution in [2.75, 3.05) is 18.4 Å². The zero-order valence-electron chi connectivity index (χ0n) is 15.2. The molecule has 0 saturated carbocycles. The zero-order chi connectivity index (χ0) is 18.8. The van der Waals surface area contributed by atoms with Crippen LogP contribution in [0.2, 0.25) is 0 Å². The van der Waals surface area contributed by atoms with Crippen LogP contribution in [-0.4, -0.2) is 46.0 Å². The smallest absolute Gasteiger partial charge is 0.320 e. The summed E-state index contributed by atoms with van der Waals surface area (Å²) >= 11 is 1.38. The Morgan fingerprint density at radius 3 is 2.73 bits per heavy atom. The molecule has 26 heavy (non-hydrogen) atoms. The normalized spacial score (nSPS) is 17.4. The van der Waals surface area contributed by atoms with Crippen molar-refractivity contribution in [1.82, 2.24) is 9.88 Å². The summed E-state index contributed by atoms with van der Waals surface area (Å²) < 4.78 is 0. The Kier molecular flexibility index (Phi) is 5.38. The first-order valence-corrected chi connectivity index (χ1v) is 9.53. The van der Waals surface area contributed by atoms with Crippen LogP contribution in [0.25, 0.3) is 11.3 Å². The second-order valence-corrected chi connectivity index (χ2v) is 7.66. The second-order valence-electron chi connectivity index (χ2n) is 6.80. The summed E-state index contributed by atoms with van der Waals surface area (Å²) in [4.78, 5) is 29.7. The Balaban J connectivity index is 1.68. The molecule has 2 N–H and O–H groups in total. The van der Waals surface area contributed by atoms with Crippen molar-refractivity contribution in [3.63, 3.8) is 0 Å². The summed E-state index contributed by atoms with van der Waals surface area (Å²) in [6.45, 7) is 6.92. The number of anilines is 1. The van der Waals surface area contributed by atoms with Crippen LogP contribution < -0.4 is 5.32 Å². The monoisotopic (exact) mass is 373 g/mol. The molecule has 138 valence electrons. The molecule has 0 radical (unpaired) electrons. The maximum atomic E-state index is 12.3. The van der Waals surface area contributed by atoms with Gasteiger partial charge in [0.05, 0.1) is 12.2 Å². The molecule has 1 aromatic carbocycles. The van der Waals surface area contributed by atoms with Gasteiger partial charge in [-0.2, -0.15) is 0 Å². The van der Waals surface area contributed by atoms with E-state index in [4.69, 9.17) is 0 Å². The minimum atomic E-state index is -0.864. The van der Waals surface area contributed by atoms with Crippen LogP contribution in [0.15, 0.2) is 17.5 Å². The number of aliphatic carboxylic acids is 1. The molecule has 2 aromatic rings. The fraction of sp³-hybridized carbons (Fsp3) is 0.421. The van der Waals surface area contributed by atoms with E-state index in [0.717, 1.165) is 23.2 Å². The number of carboxylic acid groups (broad SMARTS) is 1. The van der Waals surface area contributed by atoms with Crippen LogP contribution in [-0.2, 0) is 9.59 Å². The molecule has 0 spiro atoms. The van der Waals surface area contributed by atoms with E-state index in [0.29, 0.717) is 18.1 Å². The Morgan fingerprint density at radius 2 is 2.00 bits per heavy atom. The number of carbonyl (C=O) groups is 2. The Morgan fingerprint density at radius 1 is 1.27 bits per heavy atom. The van der Waals surface area contributed by atoms with Gasteiger partial charge in [-0.3, -0.25) is 14.5 Å². The predicted molar refractivity (Wildman–Crippen MR) is 103 cm³/mol. The SMILES string of the molecule is Cc1cc(C)c(-c2csc(NC(=O)CN3CCC[C@H]3C(=O)O)n2)cc1C. The number of amides is 1. The van der Waals surface area contributed by atoms with Crippen LogP contribution >= 0.6 is 11.3 Å². The molecular formula is C19H23N3O3S. The van der Waals surface area contributed by atoms with Gasteiger partial charge in [0.15, 0.2) is 5.13 Å². The molecule has 1 aliphatic rings. The Bertz CT molecular complexity index is 847. The third-order valence-electron chi connectivity index (χ3n) is 4.86. The summed E-state index contributed by atoms with van der Waals surface area (Å²) in [5, 5.41) is 14.5. The predicted octanol–water partition coefficient (Wildman–Crippen LogP) is 3.22. The topological polar surface area (TPSA) is 82.5 Å². The van der Waals surface area contributed by atoms with Gasteiger partial charge < -0.3 is 10.4 Å². The van der Waals surface area contributed by atoms with E-state index in [1.165, 1.54) is 22.5 Å². The first kappa shape index (κ1) is 18.5. The summed E-state index contributed by atoms with van der Waals surface area (Å²) in [7, 11) is 0. The van der Waals surface area contributed by atoms with Crippen LogP contribution in [0.1, 0.15) is 29.5 Å². The molecule has 3 rings (SSSR count). The molecule has 1 saturated heterocycles. The van der Waals surface area contributed by atoms with Crippen molar-refractivity contribution in [2.24, 2.45) is 0 Å². The van der Waals surface area contributed by atoms with Gasteiger partial charge in [0.1, 0.15) is 6.04 Å². The summed E-state index contributed by atoms with van der Waals surface area (Å²) in [5.74, 6) is -1.09. The van der Waals surface area contributed by atoms with E-state index in [1.54, 1.807) is 4.90 Å². The number of likely N-dealkylation sites (tertiary alicyclic amines) is 1. The van der Waals surface area contributed by atoms with Crippen LogP contribution in [0, 0.1) is 20.8 Å². The van der Waals surface area contributed by atoms with Crippen molar-refractivity contribution in [1.29, 1.82) is 0 Å². The maximum Gasteiger partial charge on any atom is 0.320 e. The Labute approximate surface area is 156 Å². The standard InChI is InChI=1S/C19H23N3O3S/c1-11-7-13(3)14(8-12(11)2)15-10-26-19(20-15)21-17(23)9-22-6-4-5-16(22)18(24)25/h7-8,10,16H,4-6,9H2,1-3H3,(H,24,25)(H,20,21,23)/t16-/m0/s1. The molecule has 2 heterocycles. The molecule has 1 aliphatic heterocycles. The first-order valence-electron chi connectivity index (χ1n) is 8.65. The van der Waals surface area contributed by atoms with E-state index in [-0.39, 0.29) is 12.5 Å². The average molecular weight is 373 g/mol. The average Bonchev–Trinajstić information content (AvgIpc) is 3.20. The van der Waals surface area contributed by atoms with Gasteiger partial charge in [-0.05, 0) is 62.9 Å². The lowest BCUT2D eigenvalue weighted by Gasteiger charge is -2.19. The number of aryl methyl sites for hydroxylation is 3. The number of carbonyl (C=O) groups excluding carboxylic acids is 1. The molecular weight excluding hydrogens is 350 g/mol. The highest BCUT2D eigenvalue weighted by atomic mass is 32.1. The van der Waals surface area contributed by atoms with E-state index in [9.17, 15) is 14.7 Å². The van der Waals surface area contributed by atoms with E-state index >= 15 is 0 Å². The van der Waals surface area contributed by atoms with Crippen molar-refractivity contribution in [2.45, 2.75) is 39.7 Å². The molecule has 1 aromatic heterocycles. The summed E-state index contributed by atoms with van der Waals surface area (Å²) in [5.41, 5.74) is 5.51. The summed E-state index contributed by atoms with van der Waals surface area (Å²) in [6.07, 6.45) is 1.40. The highest BCUT2D eigenvalue weighted by molar-refractivity contribution is 7.14. The number of hydrogen-bond donors (Lipinski definition) is 2. The molecule has 0 aliphatic carbocycles. The minimum Gasteiger partial charge on any atom is -0.480 e. The van der Waals surface area contributed by atoms with E-state index < -0.39 is 12.0 Å². The van der Waals surface area contributed by atoms with Gasteiger partial charge in [0.2, 0.25) is 5.91 Å². The number of hydrogen-bond acceptors (Lipinski definition) is 5. The Hall–Kier alpha value is -2.25. The highest BCUT2D eigenvalue weighted by Crippen LogP contribution is 2.29. The van der Waals surface area contributed by atoms with Gasteiger partial charge in [-0.1, -0.05) is 6.07 Å². The largest absolute Gasteiger partial charge is 0.480 e. The van der Waals surface area contributed by atoms with Crippen molar-refractivity contribution in [3.05, 3.63) is 34.2 Å². The number of nitrogens with zero attached hydrogens (tertiary/aromatic N) is 2. The van der Waals surface area contributed by atoms with Crippen molar-refractivity contribution in [3.8, 4) is 11.3 Å². The molecule has 7 heteroatoms. The quantitative estimate of drug-likeness (QED) is 0.841. The van der Waals surface area contributed by atoms with Crippen LogP contribution in [0.4, 0.5) is 5.13 Å². The van der Waals surface area contributed by atoms with E-state index in [2.05, 4.69) is 43.2 Å². The third kappa shape index (κ3) is 3.94. The number of aromatic nitrogens is 1. The van der Waals surface area contributed by atoms with Gasteiger partial charge in [-0.15, -0.1) is 11.3 Å². The van der Waals surface area contributed by atoms with E-state index in [1.807, 2.05) is 5.38 Å². The zero-order valence-corrected chi connectivity index (χ0v) is 16.0. The fourth-order valence-corrected chi connectivity index (χ4v) is 4.06. The number of carboxylic acids is 1. The lowest BCUT2D eigenvalue weighted by Crippen LogP contribution is -2.40. The lowest BCUT2D eigenvalue weighted by atomic mass is 9.99. The maximum absolute atomic E-state index is 12.3. The number of rotatable bonds is 5. The first-order chi connectivity index (χ1) is 12.3. The van der Waals surface area contributed by atoms with Crippen molar-refractivity contribution < 1.29 is 14.7 Å². The highest BCUT2D eigenvalue weighted by Gasteiger charge is 2.31. The molecule has 1 atom stereocenters. The fourth-order valence-electron chi connectivity index (χ4n) is 3.33. The van der Waals surface area contributed by atoms with Crippen LogP contribution in [0.3, 0.4) is 0 Å². The van der Waals surface area contributed by atoms with Gasteiger partial charge in [-0.25, -0.2) is 4.98 Å². The number of benzene rings is 1. The minimum absolute atomic E-state index is 0.0779. The van der Waals surface area contributed by atoms with Crippen LogP contribution in [0.5, 0.6) is 0 Å². The molecule has 1 fully saturated rings. The third-order valence-corrected chi connectivity index (χ3v) is 5.62. The summed E-state index contributed by atoms with van der Waals surface area (Å²) in [6, 6.07) is 3.69. The van der Waals surface area contributed by atoms with Gasteiger partial charge in [0, 0.05) is 10.9 Å². The molecule has 6 nitrogen and oxygen atoms in total. The molecule has 0 unspecified atom stereocenters. The molecule has 1 amide bonds. The molecule has 0 bridgehead atoms. The van der Waals surface area contributed by atoms with Gasteiger partial charge in [0.25, 0.3) is 0 Å². The lowest BCUT2D eigenvalue weighted by molar-refractivity contribution is -0.142. The number of thiazole rings is 1. The van der Waals surface area contributed by atoms with Crippen molar-refractivity contribution >= 4 is 28.3 Å². The number of nitrogens with one attached hydrogen (secondary N) is 1. The second kappa shape index (κ2) is 7.55. The van der Waals surface area contributed by atoms with Gasteiger partial charge >= 0.3 is 5.97 Å².